The summed E-state index contributed by atoms with van der Waals surface area (Å²) in [7, 11) is 0. The van der Waals surface area contributed by atoms with E-state index in [4.69, 9.17) is 0 Å². The Labute approximate surface area is 197 Å². The molecule has 1 N–H and O–H groups in total. The number of aliphatic hydroxyl groups is 1. The van der Waals surface area contributed by atoms with E-state index in [1.807, 2.05) is 65.7 Å². The maximum atomic E-state index is 13.5. The van der Waals surface area contributed by atoms with Gasteiger partial charge in [0.1, 0.15) is 11.9 Å². The third kappa shape index (κ3) is 4.11. The molecular formula is C27H24FN3O3. The van der Waals surface area contributed by atoms with E-state index in [2.05, 4.69) is 0 Å². The van der Waals surface area contributed by atoms with Crippen LogP contribution in [0.3, 0.4) is 0 Å². The van der Waals surface area contributed by atoms with E-state index in [1.165, 1.54) is 18.2 Å². The van der Waals surface area contributed by atoms with Gasteiger partial charge in [0.15, 0.2) is 11.8 Å². The van der Waals surface area contributed by atoms with Crippen LogP contribution >= 0.6 is 0 Å². The van der Waals surface area contributed by atoms with Crippen molar-refractivity contribution in [1.82, 2.24) is 14.9 Å². The molecule has 2 aliphatic rings. The van der Waals surface area contributed by atoms with Crippen LogP contribution in [0.25, 0.3) is 0 Å². The molecule has 1 amide bonds. The molecule has 2 unspecified atom stereocenters. The maximum absolute atomic E-state index is 13.5. The number of hydrazine groups is 1. The number of hydrogen-bond acceptors (Lipinski definition) is 5. The van der Waals surface area contributed by atoms with Gasteiger partial charge in [0.25, 0.3) is 5.91 Å². The number of benzene rings is 3. The molecule has 0 aromatic heterocycles. The molecule has 0 aliphatic carbocycles. The Morgan fingerprint density at radius 3 is 2.06 bits per heavy atom. The predicted molar refractivity (Wildman–Crippen MR) is 124 cm³/mol. The summed E-state index contributed by atoms with van der Waals surface area (Å²) >= 11 is 0. The Bertz CT molecular complexity index is 1160. The van der Waals surface area contributed by atoms with Crippen LogP contribution in [0.15, 0.2) is 97.2 Å². The van der Waals surface area contributed by atoms with Gasteiger partial charge in [-0.3, -0.25) is 14.6 Å². The molecule has 5 rings (SSSR count). The van der Waals surface area contributed by atoms with Crippen LogP contribution in [0, 0.1) is 5.82 Å². The highest BCUT2D eigenvalue weighted by atomic mass is 19.1. The van der Waals surface area contributed by atoms with Crippen LogP contribution in [0.1, 0.15) is 22.7 Å². The zero-order chi connectivity index (χ0) is 23.7. The first-order valence-corrected chi connectivity index (χ1v) is 11.1. The van der Waals surface area contributed by atoms with Crippen molar-refractivity contribution in [3.8, 4) is 0 Å². The molecule has 172 valence electrons. The highest BCUT2D eigenvalue weighted by Crippen LogP contribution is 2.35. The van der Waals surface area contributed by atoms with Crippen LogP contribution in [-0.2, 0) is 16.1 Å². The SMILES string of the molecule is O=C1C=CN2C(C(=O)N(Cc3ccc(F)cc3)CN2C(c2ccccc2)c2ccccc2)C1O. The van der Waals surface area contributed by atoms with Crippen molar-refractivity contribution in [2.24, 2.45) is 0 Å². The van der Waals surface area contributed by atoms with Crippen LogP contribution in [-0.4, -0.2) is 50.5 Å². The van der Waals surface area contributed by atoms with E-state index < -0.39 is 17.9 Å². The minimum Gasteiger partial charge on any atom is -0.382 e. The van der Waals surface area contributed by atoms with Gasteiger partial charge in [-0.15, -0.1) is 0 Å². The summed E-state index contributed by atoms with van der Waals surface area (Å²) in [6.07, 6.45) is 1.40. The Kier molecular flexibility index (Phi) is 5.96. The van der Waals surface area contributed by atoms with Crippen molar-refractivity contribution in [2.75, 3.05) is 6.67 Å². The molecule has 0 bridgehead atoms. The van der Waals surface area contributed by atoms with Crippen LogP contribution in [0.2, 0.25) is 0 Å². The summed E-state index contributed by atoms with van der Waals surface area (Å²) in [6, 6.07) is 24.4. The lowest BCUT2D eigenvalue weighted by atomic mass is 9.95. The molecule has 0 saturated carbocycles. The number of fused-ring (bicyclic) bond motifs is 1. The number of amides is 1. The first-order chi connectivity index (χ1) is 16.5. The van der Waals surface area contributed by atoms with E-state index >= 15 is 0 Å². The molecule has 6 nitrogen and oxygen atoms in total. The summed E-state index contributed by atoms with van der Waals surface area (Å²) in [5, 5.41) is 14.4. The molecule has 1 saturated heterocycles. The Hall–Kier alpha value is -3.81. The van der Waals surface area contributed by atoms with Gasteiger partial charge >= 0.3 is 0 Å². The quantitative estimate of drug-likeness (QED) is 0.637. The second-order valence-corrected chi connectivity index (χ2v) is 8.46. The maximum Gasteiger partial charge on any atom is 0.251 e. The third-order valence-electron chi connectivity index (χ3n) is 6.26. The third-order valence-corrected chi connectivity index (χ3v) is 6.26. The Morgan fingerprint density at radius 2 is 1.47 bits per heavy atom. The fourth-order valence-corrected chi connectivity index (χ4v) is 4.60. The Morgan fingerprint density at radius 1 is 0.882 bits per heavy atom. The van der Waals surface area contributed by atoms with E-state index in [1.54, 1.807) is 28.2 Å². The number of nitrogens with zero attached hydrogens (tertiary/aromatic N) is 3. The lowest BCUT2D eigenvalue weighted by Gasteiger charge is -2.52. The second kappa shape index (κ2) is 9.21. The molecule has 2 heterocycles. The van der Waals surface area contributed by atoms with Gasteiger partial charge in [-0.25, -0.2) is 4.39 Å². The summed E-state index contributed by atoms with van der Waals surface area (Å²) < 4.78 is 13.4. The fourth-order valence-electron chi connectivity index (χ4n) is 4.60. The average Bonchev–Trinajstić information content (AvgIpc) is 2.86. The molecule has 3 aromatic rings. The first kappa shape index (κ1) is 22.0. The number of carbonyl (C=O) groups excluding carboxylic acids is 2. The van der Waals surface area contributed by atoms with Crippen LogP contribution in [0.5, 0.6) is 0 Å². The largest absolute Gasteiger partial charge is 0.382 e. The summed E-state index contributed by atoms with van der Waals surface area (Å²) in [5.74, 6) is -1.21. The number of aliphatic hydroxyl groups excluding tert-OH is 1. The van der Waals surface area contributed by atoms with Gasteiger partial charge in [0, 0.05) is 18.8 Å². The van der Waals surface area contributed by atoms with Gasteiger partial charge in [-0.2, -0.15) is 5.01 Å². The van der Waals surface area contributed by atoms with Crippen molar-refractivity contribution >= 4 is 11.7 Å². The summed E-state index contributed by atoms with van der Waals surface area (Å²) in [4.78, 5) is 27.4. The minimum absolute atomic E-state index is 0.215. The molecule has 1 fully saturated rings. The summed E-state index contributed by atoms with van der Waals surface area (Å²) in [5.41, 5.74) is 2.76. The van der Waals surface area contributed by atoms with Crippen molar-refractivity contribution in [2.45, 2.75) is 24.7 Å². The van der Waals surface area contributed by atoms with Crippen LogP contribution in [0.4, 0.5) is 4.39 Å². The molecule has 2 aliphatic heterocycles. The molecule has 7 heteroatoms. The number of rotatable bonds is 5. The lowest BCUT2D eigenvalue weighted by molar-refractivity contribution is -0.186. The monoisotopic (exact) mass is 457 g/mol. The van der Waals surface area contributed by atoms with Gasteiger partial charge in [-0.1, -0.05) is 72.8 Å². The average molecular weight is 458 g/mol. The van der Waals surface area contributed by atoms with Crippen molar-refractivity contribution in [3.05, 3.63) is 120 Å². The van der Waals surface area contributed by atoms with Gasteiger partial charge in [0.05, 0.1) is 12.7 Å². The van der Waals surface area contributed by atoms with Crippen LogP contribution < -0.4 is 0 Å². The number of carbonyl (C=O) groups is 2. The van der Waals surface area contributed by atoms with Gasteiger partial charge < -0.3 is 10.0 Å². The standard InChI is InChI=1S/C27H24FN3O3/c28-22-13-11-19(12-14-22)17-29-18-31(30-16-15-23(32)26(33)25(30)27(29)34)24(20-7-3-1-4-8-20)21-9-5-2-6-10-21/h1-16,24-26,33H,17-18H2. The molecule has 0 radical (unpaired) electrons. The van der Waals surface area contributed by atoms with Crippen molar-refractivity contribution in [3.63, 3.8) is 0 Å². The second-order valence-electron chi connectivity index (χ2n) is 8.46. The normalized spacial score (nSPS) is 20.7. The number of hydrogen-bond donors (Lipinski definition) is 1. The molecule has 0 spiro atoms. The van der Waals surface area contributed by atoms with Crippen molar-refractivity contribution in [1.29, 1.82) is 0 Å². The van der Waals surface area contributed by atoms with E-state index in [9.17, 15) is 19.1 Å². The molecule has 2 atom stereocenters. The number of halogens is 1. The zero-order valence-electron chi connectivity index (χ0n) is 18.4. The highest BCUT2D eigenvalue weighted by molar-refractivity contribution is 6.00. The van der Waals surface area contributed by atoms with Gasteiger partial charge in [0.2, 0.25) is 0 Å². The number of ketones is 1. The van der Waals surface area contributed by atoms with E-state index in [-0.39, 0.29) is 31.0 Å². The predicted octanol–water partition coefficient (Wildman–Crippen LogP) is 3.26. The van der Waals surface area contributed by atoms with E-state index in [0.717, 1.165) is 16.7 Å². The first-order valence-electron chi connectivity index (χ1n) is 11.1. The minimum atomic E-state index is -1.48. The van der Waals surface area contributed by atoms with Gasteiger partial charge in [-0.05, 0) is 28.8 Å². The highest BCUT2D eigenvalue weighted by Gasteiger charge is 2.48. The molecule has 3 aromatic carbocycles. The smallest absolute Gasteiger partial charge is 0.251 e. The summed E-state index contributed by atoms with van der Waals surface area (Å²) in [6.45, 7) is 0.438. The fraction of sp³-hybridized carbons (Fsp3) is 0.185. The topological polar surface area (TPSA) is 64.1 Å². The van der Waals surface area contributed by atoms with Crippen molar-refractivity contribution < 1.29 is 19.1 Å². The molecular weight excluding hydrogens is 433 g/mol. The Balaban J connectivity index is 1.59. The zero-order valence-corrected chi connectivity index (χ0v) is 18.4. The lowest BCUT2D eigenvalue weighted by Crippen LogP contribution is -2.68. The van der Waals surface area contributed by atoms with E-state index in [0.29, 0.717) is 0 Å². The molecule has 34 heavy (non-hydrogen) atoms.